The number of anilines is 6. The van der Waals surface area contributed by atoms with Crippen LogP contribution >= 0.6 is 0 Å². The van der Waals surface area contributed by atoms with E-state index in [-0.39, 0.29) is 56.8 Å². The van der Waals surface area contributed by atoms with Gasteiger partial charge in [0, 0.05) is 66.7 Å². The summed E-state index contributed by atoms with van der Waals surface area (Å²) >= 11 is 0. The fraction of sp³-hybridized carbons (Fsp3) is 0.192. The first-order valence-corrected chi connectivity index (χ1v) is 38.6. The molecule has 0 amide bonds. The molecular weight excluding hydrogens is 1320 g/mol. The molecule has 4 heterocycles. The van der Waals surface area contributed by atoms with Crippen molar-refractivity contribution in [3.63, 3.8) is 0 Å². The number of hydrogen-bond acceptors (Lipinski definition) is 3. The van der Waals surface area contributed by atoms with Gasteiger partial charge in [-0.05, 0) is 188 Å². The van der Waals surface area contributed by atoms with E-state index in [1.54, 1.807) is 0 Å². The van der Waals surface area contributed by atoms with E-state index in [1.807, 2.05) is 6.07 Å². The molecule has 2 aliphatic rings. The lowest BCUT2D eigenvalue weighted by atomic mass is 9.33. The molecule has 18 rings (SSSR count). The average molecular weight is 1420 g/mol. The lowest BCUT2D eigenvalue weighted by Gasteiger charge is -2.45. The summed E-state index contributed by atoms with van der Waals surface area (Å²) in [5, 5.41) is 4.27. The number of fused-ring (bicyclic) bond motifs is 10. The Kier molecular flexibility index (Phi) is 14.8. The molecule has 14 aromatic carbocycles. The van der Waals surface area contributed by atoms with Crippen molar-refractivity contribution < 1.29 is 11.3 Å². The number of benzene rings is 14. The summed E-state index contributed by atoms with van der Waals surface area (Å²) in [4.78, 5) is 5.05. The molecule has 0 aliphatic carbocycles. The molecule has 0 bridgehead atoms. The minimum Gasteiger partial charge on any atom is -0.453 e. The quantitative estimate of drug-likeness (QED) is 0.135. The molecule has 109 heavy (non-hydrogen) atoms. The molecular formula is C104H94BN3O. The summed E-state index contributed by atoms with van der Waals surface area (Å²) in [7, 11) is 0. The van der Waals surface area contributed by atoms with Gasteiger partial charge in [0.1, 0.15) is 5.58 Å². The molecule has 0 saturated heterocycles. The molecule has 0 spiro atoms. The van der Waals surface area contributed by atoms with Crippen molar-refractivity contribution in [2.45, 2.75) is 131 Å². The normalized spacial score (nSPS) is 13.9. The van der Waals surface area contributed by atoms with E-state index in [1.165, 1.54) is 27.8 Å². The van der Waals surface area contributed by atoms with Gasteiger partial charge in [0.05, 0.1) is 29.3 Å². The minimum atomic E-state index is -0.522. The van der Waals surface area contributed by atoms with Gasteiger partial charge in [-0.1, -0.05) is 334 Å². The lowest BCUT2D eigenvalue weighted by Crippen LogP contribution is -2.61. The van der Waals surface area contributed by atoms with Crippen LogP contribution in [0.15, 0.2) is 302 Å². The minimum absolute atomic E-state index is 0.144. The van der Waals surface area contributed by atoms with Crippen molar-refractivity contribution in [1.29, 1.82) is 0 Å². The highest BCUT2D eigenvalue weighted by molar-refractivity contribution is 7.00. The van der Waals surface area contributed by atoms with Crippen molar-refractivity contribution >= 4 is 101 Å². The Morgan fingerprint density at radius 3 is 1.35 bits per heavy atom. The largest absolute Gasteiger partial charge is 0.453 e. The molecule has 0 radical (unpaired) electrons. The Balaban J connectivity index is 1.02. The van der Waals surface area contributed by atoms with E-state index in [0.717, 1.165) is 156 Å². The van der Waals surface area contributed by atoms with Gasteiger partial charge in [-0.25, -0.2) is 0 Å². The van der Waals surface area contributed by atoms with Crippen molar-refractivity contribution in [2.24, 2.45) is 0 Å². The maximum absolute atomic E-state index is 9.70. The van der Waals surface area contributed by atoms with Gasteiger partial charge < -0.3 is 18.8 Å². The standard InChI is InChI=1S/C104H94BN3O/c1-100(2,3)73-53-70(54-74(61-73)101(4,5)6)69-49-51-86-92(58-69)107(91-48-32-45-82-81-44-30-43-80(98(81)109-99(82)91)79-42-31-47-90-95(79)83-41-28-29-46-88(83)106(90)78-39-26-19-27-40-78)93-59-72(71-55-75(102(7,8)9)62-76(56-71)103(10,11)12)60-94-96(93)105(86)87-57-68(65-33-20-16-21-34-65)50-52-89(87)108(94)97-84(66-35-22-17-23-36-66)63-77(104(13,14)15)64-85(97)67-37-24-18-25-38-67/h16-64H,1-15H3/i16D,20D,21D,33D,34D. The number of hydrogen-bond donors (Lipinski definition) is 0. The van der Waals surface area contributed by atoms with Crippen molar-refractivity contribution in [3.05, 3.63) is 325 Å². The van der Waals surface area contributed by atoms with E-state index >= 15 is 0 Å². The number of nitrogens with zero attached hydrogens (tertiary/aromatic N) is 3. The molecule has 534 valence electrons. The van der Waals surface area contributed by atoms with Crippen LogP contribution in [0, 0.1) is 0 Å². The summed E-state index contributed by atoms with van der Waals surface area (Å²) in [6.07, 6.45) is 0. The van der Waals surface area contributed by atoms with Gasteiger partial charge >= 0.3 is 0 Å². The highest BCUT2D eigenvalue weighted by atomic mass is 16.3. The van der Waals surface area contributed by atoms with Crippen molar-refractivity contribution in [3.8, 4) is 72.4 Å². The van der Waals surface area contributed by atoms with Crippen LogP contribution in [0.1, 0.15) is 139 Å². The molecule has 16 aromatic rings. The lowest BCUT2D eigenvalue weighted by molar-refractivity contribution is 0.568. The molecule has 2 aliphatic heterocycles. The molecule has 2 aromatic heterocycles. The van der Waals surface area contributed by atoms with Crippen LogP contribution in [0.4, 0.5) is 34.1 Å². The third-order valence-corrected chi connectivity index (χ3v) is 23.0. The van der Waals surface area contributed by atoms with Gasteiger partial charge in [-0.2, -0.15) is 0 Å². The van der Waals surface area contributed by atoms with Gasteiger partial charge in [0.15, 0.2) is 5.58 Å². The predicted octanol–water partition coefficient (Wildman–Crippen LogP) is 27.3. The van der Waals surface area contributed by atoms with Crippen LogP contribution in [0.2, 0.25) is 0 Å². The zero-order chi connectivity index (χ0) is 79.7. The third kappa shape index (κ3) is 11.8. The van der Waals surface area contributed by atoms with Gasteiger partial charge in [0.2, 0.25) is 0 Å². The van der Waals surface area contributed by atoms with Crippen LogP contribution < -0.4 is 26.2 Å². The summed E-state index contributed by atoms with van der Waals surface area (Å²) in [6, 6.07) is 96.8. The van der Waals surface area contributed by atoms with E-state index in [4.69, 9.17) is 5.79 Å². The average Bonchev–Trinajstić information content (AvgIpc) is 0.901. The fourth-order valence-electron chi connectivity index (χ4n) is 17.0. The summed E-state index contributed by atoms with van der Waals surface area (Å²) in [6.45, 7) is 34.1. The molecule has 4 nitrogen and oxygen atoms in total. The van der Waals surface area contributed by atoms with E-state index < -0.39 is 12.8 Å². The molecule has 0 saturated carbocycles. The predicted molar refractivity (Wildman–Crippen MR) is 468 cm³/mol. The number of aromatic nitrogens is 1. The van der Waals surface area contributed by atoms with Crippen molar-refractivity contribution in [1.82, 2.24) is 4.57 Å². The monoisotopic (exact) mass is 1420 g/mol. The highest BCUT2D eigenvalue weighted by Crippen LogP contribution is 2.55. The Bertz CT molecular complexity index is 6480. The van der Waals surface area contributed by atoms with E-state index in [9.17, 15) is 5.48 Å². The number of rotatable bonds is 9. The van der Waals surface area contributed by atoms with Gasteiger partial charge in [0.25, 0.3) is 6.71 Å². The summed E-state index contributed by atoms with van der Waals surface area (Å²) in [5.74, 6) is 0. The Hall–Kier alpha value is -11.7. The first kappa shape index (κ1) is 63.4. The van der Waals surface area contributed by atoms with Crippen LogP contribution in [0.25, 0.3) is 116 Å². The van der Waals surface area contributed by atoms with Gasteiger partial charge in [-0.3, -0.25) is 0 Å². The molecule has 0 atom stereocenters. The van der Waals surface area contributed by atoms with Crippen LogP contribution in [-0.4, -0.2) is 11.3 Å². The smallest absolute Gasteiger partial charge is 0.252 e. The maximum atomic E-state index is 9.70. The SMILES string of the molecule is [2H]c1c([2H])c([2H])c(-c2ccc3c(c2)B2c4ccc(-c5cc(C(C)(C)C)cc(C(C)(C)C)c5)cc4N(c4cccc5c4oc4c(-c6cccc7c6c6ccccc6n7-c6ccccc6)cccc45)c4cc(-c5cc(C(C)(C)C)cc(C(C)(C)C)c5)cc(c42)N3c2c(-c3ccccc3)cc(C(C)(C)C)cc2-c2ccccc2)c([2H])c1[2H]. The second-order valence-electron chi connectivity index (χ2n) is 35.4. The van der Waals surface area contributed by atoms with Crippen LogP contribution in [0.5, 0.6) is 0 Å². The fourth-order valence-corrected chi connectivity index (χ4v) is 17.0. The third-order valence-electron chi connectivity index (χ3n) is 23.0. The highest BCUT2D eigenvalue weighted by Gasteiger charge is 2.46. The van der Waals surface area contributed by atoms with Crippen molar-refractivity contribution in [2.75, 3.05) is 9.80 Å². The Labute approximate surface area is 651 Å². The maximum Gasteiger partial charge on any atom is 0.252 e. The van der Waals surface area contributed by atoms with Crippen LogP contribution in [0.3, 0.4) is 0 Å². The molecule has 0 unspecified atom stereocenters. The van der Waals surface area contributed by atoms with Crippen LogP contribution in [-0.2, 0) is 27.1 Å². The second-order valence-corrected chi connectivity index (χ2v) is 35.4. The Morgan fingerprint density at radius 1 is 0.294 bits per heavy atom. The zero-order valence-corrected chi connectivity index (χ0v) is 65.2. The molecule has 0 N–H and O–H groups in total. The number of para-hydroxylation sites is 4. The van der Waals surface area contributed by atoms with Gasteiger partial charge in [-0.15, -0.1) is 0 Å². The topological polar surface area (TPSA) is 24.6 Å². The zero-order valence-electron chi connectivity index (χ0n) is 70.2. The van der Waals surface area contributed by atoms with E-state index in [0.29, 0.717) is 5.56 Å². The first-order chi connectivity index (χ1) is 54.3. The summed E-state index contributed by atoms with van der Waals surface area (Å²) < 4.78 is 56.9. The first-order valence-electron chi connectivity index (χ1n) is 41.1. The second kappa shape index (κ2) is 25.5. The molecule has 0 fully saturated rings. The summed E-state index contributed by atoms with van der Waals surface area (Å²) in [5.41, 5.74) is 29.6. The van der Waals surface area contributed by atoms with E-state index in [2.05, 4.69) is 379 Å². The number of furan rings is 1. The molecule has 5 heteroatoms. The Morgan fingerprint density at radius 2 is 0.752 bits per heavy atom.